The second-order valence-electron chi connectivity index (χ2n) is 9.98. The van der Waals surface area contributed by atoms with Gasteiger partial charge in [-0.15, -0.1) is 0 Å². The van der Waals surface area contributed by atoms with Gasteiger partial charge in [0.1, 0.15) is 0 Å². The highest BCUT2D eigenvalue weighted by atomic mass is 32.2. The molecule has 6 nitrogen and oxygen atoms in total. The molecule has 1 heterocycles. The monoisotopic (exact) mass is 625 g/mol. The van der Waals surface area contributed by atoms with Crippen LogP contribution in [-0.4, -0.2) is 48.1 Å². The average Bonchev–Trinajstić information content (AvgIpc) is 3.37. The molecule has 43 heavy (non-hydrogen) atoms. The number of carbonyl (C=O) groups excluding carboxylic acids is 1. The number of fused-ring (bicyclic) bond motifs is 1. The maximum atomic E-state index is 13.6. The lowest BCUT2D eigenvalue weighted by atomic mass is 10.1. The third kappa shape index (κ3) is 7.77. The van der Waals surface area contributed by atoms with Gasteiger partial charge in [-0.25, -0.2) is 8.42 Å². The number of alkyl halides is 6. The predicted octanol–water partition coefficient (Wildman–Crippen LogP) is 6.88. The average molecular weight is 626 g/mol. The van der Waals surface area contributed by atoms with Gasteiger partial charge < -0.3 is 9.88 Å². The van der Waals surface area contributed by atoms with Crippen LogP contribution < -0.4 is 0 Å². The molecule has 0 aliphatic carbocycles. The molecule has 0 aliphatic rings. The smallest absolute Gasteiger partial charge is 0.361 e. The van der Waals surface area contributed by atoms with E-state index in [2.05, 4.69) is 4.98 Å². The van der Waals surface area contributed by atoms with Crippen molar-refractivity contribution in [1.82, 2.24) is 14.2 Å². The van der Waals surface area contributed by atoms with Gasteiger partial charge in [-0.05, 0) is 60.4 Å². The lowest BCUT2D eigenvalue weighted by molar-refractivity contribution is -0.138. The van der Waals surface area contributed by atoms with Gasteiger partial charge in [0.15, 0.2) is 0 Å². The van der Waals surface area contributed by atoms with E-state index in [-0.39, 0.29) is 26.1 Å². The quantitative estimate of drug-likeness (QED) is 0.185. The zero-order chi connectivity index (χ0) is 31.4. The Morgan fingerprint density at radius 1 is 0.837 bits per heavy atom. The number of carbonyl (C=O) groups is 1. The molecule has 0 bridgehead atoms. The van der Waals surface area contributed by atoms with Gasteiger partial charge in [0, 0.05) is 36.7 Å². The summed E-state index contributed by atoms with van der Waals surface area (Å²) in [6, 6.07) is 15.1. The van der Waals surface area contributed by atoms with Gasteiger partial charge in [-0.2, -0.15) is 30.6 Å². The van der Waals surface area contributed by atoms with Crippen molar-refractivity contribution in [3.63, 3.8) is 0 Å². The highest BCUT2D eigenvalue weighted by molar-refractivity contribution is 7.89. The van der Waals surface area contributed by atoms with Gasteiger partial charge in [0.2, 0.25) is 15.9 Å². The summed E-state index contributed by atoms with van der Waals surface area (Å²) in [5, 5.41) is 0.921. The fraction of sp³-hybridized carbons (Fsp3) is 0.300. The Hall–Kier alpha value is -3.84. The molecule has 4 aromatic rings. The van der Waals surface area contributed by atoms with Crippen LogP contribution in [0.3, 0.4) is 0 Å². The minimum absolute atomic E-state index is 0.102. The largest absolute Gasteiger partial charge is 0.416 e. The molecule has 0 saturated carbocycles. The van der Waals surface area contributed by atoms with Crippen LogP contribution in [-0.2, 0) is 40.1 Å². The Bertz CT molecular complexity index is 1660. The van der Waals surface area contributed by atoms with Gasteiger partial charge in [-0.1, -0.05) is 43.3 Å². The van der Waals surface area contributed by atoms with E-state index in [4.69, 9.17) is 0 Å². The molecule has 0 aliphatic heterocycles. The Morgan fingerprint density at radius 3 is 2.16 bits per heavy atom. The molecule has 0 atom stereocenters. The fourth-order valence-corrected chi connectivity index (χ4v) is 6.20. The summed E-state index contributed by atoms with van der Waals surface area (Å²) in [5.41, 5.74) is 0.151. The highest BCUT2D eigenvalue weighted by Crippen LogP contribution is 2.32. The highest BCUT2D eigenvalue weighted by Gasteiger charge is 2.34. The van der Waals surface area contributed by atoms with E-state index < -0.39 is 50.9 Å². The molecular formula is C30H29F6N3O3S. The van der Waals surface area contributed by atoms with Crippen LogP contribution in [0.2, 0.25) is 0 Å². The molecule has 0 spiro atoms. The molecule has 0 unspecified atom stereocenters. The summed E-state index contributed by atoms with van der Waals surface area (Å²) < 4.78 is 107. The third-order valence-corrected chi connectivity index (χ3v) is 8.76. The number of H-pyrrole nitrogens is 1. The second-order valence-corrected chi connectivity index (χ2v) is 11.9. The first-order valence-corrected chi connectivity index (χ1v) is 14.8. The maximum absolute atomic E-state index is 13.6. The van der Waals surface area contributed by atoms with Crippen LogP contribution in [0.5, 0.6) is 0 Å². The number of hydrogen-bond donors (Lipinski definition) is 1. The number of nitrogens with zero attached hydrogens (tertiary/aromatic N) is 2. The molecule has 1 amide bonds. The van der Waals surface area contributed by atoms with Crippen molar-refractivity contribution >= 4 is 26.8 Å². The number of aromatic amines is 1. The Balaban J connectivity index is 1.61. The first kappa shape index (κ1) is 32.1. The van der Waals surface area contributed by atoms with Crippen molar-refractivity contribution in [2.75, 3.05) is 19.6 Å². The number of hydrogen-bond acceptors (Lipinski definition) is 3. The van der Waals surface area contributed by atoms with Gasteiger partial charge in [0.05, 0.1) is 22.6 Å². The molecular weight excluding hydrogens is 596 g/mol. The van der Waals surface area contributed by atoms with Crippen molar-refractivity contribution in [3.8, 4) is 0 Å². The number of sulfonamides is 1. The molecule has 0 saturated heterocycles. The Labute approximate surface area is 245 Å². The first-order valence-electron chi connectivity index (χ1n) is 13.4. The van der Waals surface area contributed by atoms with E-state index in [0.717, 1.165) is 51.1 Å². The summed E-state index contributed by atoms with van der Waals surface area (Å²) >= 11 is 0. The Kier molecular flexibility index (Phi) is 9.55. The number of halogens is 6. The first-order chi connectivity index (χ1) is 20.2. The van der Waals surface area contributed by atoms with E-state index >= 15 is 0 Å². The van der Waals surface area contributed by atoms with Crippen LogP contribution in [0.15, 0.2) is 83.9 Å². The number of para-hydroxylation sites is 1. The van der Waals surface area contributed by atoms with Crippen LogP contribution in [0.4, 0.5) is 26.3 Å². The van der Waals surface area contributed by atoms with E-state index in [1.165, 1.54) is 17.0 Å². The second kappa shape index (κ2) is 12.8. The van der Waals surface area contributed by atoms with Crippen molar-refractivity contribution < 1.29 is 39.6 Å². The standard InChI is InChI=1S/C30H29F6N3O3S/c1-2-15-39(43(41,42)25-7-5-6-24(17-25)30(34,35)36)20-28(40)38(19-21-10-12-23(13-11-21)29(31,32)33)16-14-22-18-37-27-9-4-3-8-26(22)27/h3-13,17-18,37H,2,14-16,19-20H2,1H3. The normalized spacial score (nSPS) is 12.7. The third-order valence-electron chi connectivity index (χ3n) is 6.92. The van der Waals surface area contributed by atoms with E-state index in [9.17, 15) is 39.6 Å². The maximum Gasteiger partial charge on any atom is 0.416 e. The zero-order valence-corrected chi connectivity index (χ0v) is 23.9. The van der Waals surface area contributed by atoms with Crippen LogP contribution in [0.25, 0.3) is 10.9 Å². The summed E-state index contributed by atoms with van der Waals surface area (Å²) in [4.78, 5) is 17.5. The number of aromatic nitrogens is 1. The van der Waals surface area contributed by atoms with E-state index in [1.54, 1.807) is 13.1 Å². The lowest BCUT2D eigenvalue weighted by Gasteiger charge is -2.27. The van der Waals surface area contributed by atoms with Crippen LogP contribution in [0.1, 0.15) is 35.6 Å². The Morgan fingerprint density at radius 2 is 1.51 bits per heavy atom. The van der Waals surface area contributed by atoms with Crippen LogP contribution >= 0.6 is 0 Å². The number of nitrogens with one attached hydrogen (secondary N) is 1. The van der Waals surface area contributed by atoms with Crippen molar-refractivity contribution in [2.45, 2.75) is 43.6 Å². The van der Waals surface area contributed by atoms with Gasteiger partial charge in [0.25, 0.3) is 0 Å². The summed E-state index contributed by atoms with van der Waals surface area (Å²) in [6.07, 6.45) is -6.89. The minimum Gasteiger partial charge on any atom is -0.361 e. The minimum atomic E-state index is -4.77. The number of rotatable bonds is 11. The van der Waals surface area contributed by atoms with Crippen molar-refractivity contribution in [3.05, 3.63) is 101 Å². The zero-order valence-electron chi connectivity index (χ0n) is 23.0. The molecule has 230 valence electrons. The number of benzene rings is 3. The van der Waals surface area contributed by atoms with Gasteiger partial charge in [-0.3, -0.25) is 4.79 Å². The summed E-state index contributed by atoms with van der Waals surface area (Å²) in [5.74, 6) is -0.649. The topological polar surface area (TPSA) is 73.5 Å². The number of amides is 1. The molecule has 1 aromatic heterocycles. The predicted molar refractivity (Wildman–Crippen MR) is 149 cm³/mol. The molecule has 0 fully saturated rings. The molecule has 4 rings (SSSR count). The van der Waals surface area contributed by atoms with Gasteiger partial charge >= 0.3 is 12.4 Å². The fourth-order valence-electron chi connectivity index (χ4n) is 4.67. The molecule has 0 radical (unpaired) electrons. The SMILES string of the molecule is CCCN(CC(=O)N(CCc1c[nH]c2ccccc12)Cc1ccc(C(F)(F)F)cc1)S(=O)(=O)c1cccc(C(F)(F)F)c1. The molecule has 3 aromatic carbocycles. The van der Waals surface area contributed by atoms with Crippen molar-refractivity contribution in [2.24, 2.45) is 0 Å². The van der Waals surface area contributed by atoms with E-state index in [0.29, 0.717) is 18.1 Å². The van der Waals surface area contributed by atoms with Crippen molar-refractivity contribution in [1.29, 1.82) is 0 Å². The molecule has 1 N–H and O–H groups in total. The summed E-state index contributed by atoms with van der Waals surface area (Å²) in [7, 11) is -4.50. The summed E-state index contributed by atoms with van der Waals surface area (Å²) in [6.45, 7) is 0.853. The lowest BCUT2D eigenvalue weighted by Crippen LogP contribution is -2.43. The van der Waals surface area contributed by atoms with E-state index in [1.807, 2.05) is 24.3 Å². The van der Waals surface area contributed by atoms with Crippen LogP contribution in [0, 0.1) is 0 Å². The molecule has 13 heteroatoms.